The van der Waals surface area contributed by atoms with Crippen LogP contribution in [0, 0.1) is 11.3 Å². The number of carbonyl (C=O) groups is 1. The molecule has 23 heavy (non-hydrogen) atoms. The minimum absolute atomic E-state index is 0.0268. The van der Waals surface area contributed by atoms with Crippen LogP contribution in [0.2, 0.25) is 0 Å². The van der Waals surface area contributed by atoms with Gasteiger partial charge in [0.1, 0.15) is 6.07 Å². The lowest BCUT2D eigenvalue weighted by Gasteiger charge is -2.19. The minimum atomic E-state index is -0.0268. The molecule has 0 fully saturated rings. The largest absolute Gasteiger partial charge is 0.309 e. The Balaban J connectivity index is 2.00. The fourth-order valence-corrected chi connectivity index (χ4v) is 3.50. The number of fused-ring (bicyclic) bond motifs is 3. The highest BCUT2D eigenvalue weighted by Gasteiger charge is 2.21. The Kier molecular flexibility index (Phi) is 3.24. The lowest BCUT2D eigenvalue weighted by atomic mass is 9.95. The van der Waals surface area contributed by atoms with Crippen molar-refractivity contribution in [3.63, 3.8) is 0 Å². The molecule has 1 aliphatic rings. The van der Waals surface area contributed by atoms with Gasteiger partial charge in [-0.2, -0.15) is 5.26 Å². The zero-order valence-electron chi connectivity index (χ0n) is 12.7. The van der Waals surface area contributed by atoms with Crippen molar-refractivity contribution in [3.8, 4) is 6.07 Å². The summed E-state index contributed by atoms with van der Waals surface area (Å²) in [6, 6.07) is 17.3. The van der Waals surface area contributed by atoms with Crippen LogP contribution in [0.1, 0.15) is 45.7 Å². The molecule has 0 unspecified atom stereocenters. The number of ketones is 1. The van der Waals surface area contributed by atoms with Crippen molar-refractivity contribution in [2.24, 2.45) is 0 Å². The second-order valence-electron chi connectivity index (χ2n) is 5.98. The topological polar surface area (TPSA) is 45.3 Å². The quantitative estimate of drug-likeness (QED) is 0.673. The van der Waals surface area contributed by atoms with Gasteiger partial charge < -0.3 is 4.40 Å². The molecule has 2 heterocycles. The number of benzene rings is 1. The number of carbonyl (C=O) groups excluding carboxylic acids is 1. The van der Waals surface area contributed by atoms with E-state index >= 15 is 0 Å². The maximum Gasteiger partial charge on any atom is 0.209 e. The molecule has 3 heteroatoms. The van der Waals surface area contributed by atoms with E-state index in [1.54, 1.807) is 6.07 Å². The smallest absolute Gasteiger partial charge is 0.209 e. The second kappa shape index (κ2) is 5.40. The standard InChI is InChI=1S/C20H16N2O/c21-13-16-12-19(20(23)15-7-2-1-3-8-15)22-17-9-5-4-6-14(17)10-11-18(16)22/h1-3,7-8,10-12H,4-6,9H2. The number of nitriles is 1. The molecular formula is C20H16N2O. The lowest BCUT2D eigenvalue weighted by Crippen LogP contribution is -2.13. The molecular weight excluding hydrogens is 284 g/mol. The Morgan fingerprint density at radius 1 is 1.04 bits per heavy atom. The highest BCUT2D eigenvalue weighted by molar-refractivity contribution is 6.09. The van der Waals surface area contributed by atoms with Crippen molar-refractivity contribution < 1.29 is 4.79 Å². The second-order valence-corrected chi connectivity index (χ2v) is 5.98. The Bertz CT molecular complexity index is 945. The van der Waals surface area contributed by atoms with Crippen LogP contribution in [-0.2, 0) is 12.8 Å². The fraction of sp³-hybridized carbons (Fsp3) is 0.200. The number of rotatable bonds is 2. The van der Waals surface area contributed by atoms with Crippen LogP contribution < -0.4 is 0 Å². The molecule has 0 saturated heterocycles. The molecule has 0 spiro atoms. The maximum atomic E-state index is 12.9. The van der Waals surface area contributed by atoms with Crippen LogP contribution in [0.4, 0.5) is 0 Å². The van der Waals surface area contributed by atoms with Gasteiger partial charge in [-0.25, -0.2) is 0 Å². The highest BCUT2D eigenvalue weighted by Crippen LogP contribution is 2.28. The number of nitrogens with zero attached hydrogens (tertiary/aromatic N) is 2. The SMILES string of the molecule is N#Cc1cc(C(=O)c2ccccc2)n2c3c(ccc12)CCCC3. The normalized spacial score (nSPS) is 13.5. The molecule has 0 amide bonds. The van der Waals surface area contributed by atoms with Crippen LogP contribution in [0.5, 0.6) is 0 Å². The molecule has 0 atom stereocenters. The summed E-state index contributed by atoms with van der Waals surface area (Å²) in [5.74, 6) is -0.0268. The number of hydrogen-bond donors (Lipinski definition) is 0. The van der Waals surface area contributed by atoms with Gasteiger partial charge in [0.05, 0.1) is 16.8 Å². The van der Waals surface area contributed by atoms with Crippen LogP contribution >= 0.6 is 0 Å². The Labute approximate surface area is 134 Å². The number of aryl methyl sites for hydroxylation is 2. The molecule has 0 saturated carbocycles. The summed E-state index contributed by atoms with van der Waals surface area (Å²) in [5.41, 5.74) is 5.15. The van der Waals surface area contributed by atoms with Gasteiger partial charge in [0.15, 0.2) is 0 Å². The monoisotopic (exact) mass is 300 g/mol. The number of pyridine rings is 1. The Morgan fingerprint density at radius 2 is 1.83 bits per heavy atom. The van der Waals surface area contributed by atoms with Crippen molar-refractivity contribution in [3.05, 3.63) is 76.6 Å². The molecule has 3 nitrogen and oxygen atoms in total. The molecule has 4 rings (SSSR count). The van der Waals surface area contributed by atoms with E-state index in [0.717, 1.165) is 24.8 Å². The van der Waals surface area contributed by atoms with E-state index in [-0.39, 0.29) is 5.78 Å². The molecule has 0 aliphatic heterocycles. The van der Waals surface area contributed by atoms with Crippen molar-refractivity contribution in [1.82, 2.24) is 4.40 Å². The molecule has 0 radical (unpaired) electrons. The first-order valence-corrected chi connectivity index (χ1v) is 7.95. The first-order valence-electron chi connectivity index (χ1n) is 7.95. The molecule has 0 bridgehead atoms. The van der Waals surface area contributed by atoms with Crippen LogP contribution in [0.3, 0.4) is 0 Å². The first kappa shape index (κ1) is 13.8. The predicted octanol–water partition coefficient (Wildman–Crippen LogP) is 3.92. The van der Waals surface area contributed by atoms with E-state index in [0.29, 0.717) is 16.8 Å². The summed E-state index contributed by atoms with van der Waals surface area (Å²) in [4.78, 5) is 12.9. The average molecular weight is 300 g/mol. The maximum absolute atomic E-state index is 12.9. The third kappa shape index (κ3) is 2.15. The number of aromatic nitrogens is 1. The van der Waals surface area contributed by atoms with Crippen molar-refractivity contribution in [1.29, 1.82) is 5.26 Å². The van der Waals surface area contributed by atoms with E-state index < -0.39 is 0 Å². The van der Waals surface area contributed by atoms with E-state index in [2.05, 4.69) is 12.1 Å². The zero-order chi connectivity index (χ0) is 15.8. The van der Waals surface area contributed by atoms with Crippen LogP contribution in [0.25, 0.3) is 5.52 Å². The minimum Gasteiger partial charge on any atom is -0.309 e. The molecule has 3 aromatic rings. The van der Waals surface area contributed by atoms with Gasteiger partial charge in [0.25, 0.3) is 0 Å². The van der Waals surface area contributed by atoms with Crippen molar-refractivity contribution in [2.45, 2.75) is 25.7 Å². The summed E-state index contributed by atoms with van der Waals surface area (Å²) in [5, 5.41) is 9.43. The van der Waals surface area contributed by atoms with Crippen molar-refractivity contribution in [2.75, 3.05) is 0 Å². The van der Waals surface area contributed by atoms with Crippen LogP contribution in [-0.4, -0.2) is 10.2 Å². The highest BCUT2D eigenvalue weighted by atomic mass is 16.1. The summed E-state index contributed by atoms with van der Waals surface area (Å²) in [6.07, 6.45) is 4.32. The fourth-order valence-electron chi connectivity index (χ4n) is 3.50. The van der Waals surface area contributed by atoms with E-state index in [1.165, 1.54) is 17.7 Å². The Hall–Kier alpha value is -2.86. The van der Waals surface area contributed by atoms with Crippen LogP contribution in [0.15, 0.2) is 48.5 Å². The van der Waals surface area contributed by atoms with Crippen molar-refractivity contribution >= 4 is 11.3 Å². The third-order valence-corrected chi connectivity index (χ3v) is 4.62. The molecule has 2 aromatic heterocycles. The van der Waals surface area contributed by atoms with Gasteiger partial charge in [-0.1, -0.05) is 36.4 Å². The zero-order valence-corrected chi connectivity index (χ0v) is 12.7. The van der Waals surface area contributed by atoms with Gasteiger partial charge in [0.2, 0.25) is 5.78 Å². The van der Waals surface area contributed by atoms with E-state index in [9.17, 15) is 10.1 Å². The third-order valence-electron chi connectivity index (χ3n) is 4.62. The lowest BCUT2D eigenvalue weighted by molar-refractivity contribution is 0.103. The summed E-state index contributed by atoms with van der Waals surface area (Å²) in [6.45, 7) is 0. The van der Waals surface area contributed by atoms with Gasteiger partial charge >= 0.3 is 0 Å². The summed E-state index contributed by atoms with van der Waals surface area (Å²) in [7, 11) is 0. The van der Waals surface area contributed by atoms with E-state index in [4.69, 9.17) is 0 Å². The first-order chi connectivity index (χ1) is 11.3. The van der Waals surface area contributed by atoms with E-state index in [1.807, 2.05) is 40.8 Å². The summed E-state index contributed by atoms with van der Waals surface area (Å²) >= 11 is 0. The molecule has 1 aromatic carbocycles. The predicted molar refractivity (Wildman–Crippen MR) is 88.6 cm³/mol. The van der Waals surface area contributed by atoms with Gasteiger partial charge in [-0.15, -0.1) is 0 Å². The number of hydrogen-bond acceptors (Lipinski definition) is 2. The van der Waals surface area contributed by atoms with Gasteiger partial charge in [-0.3, -0.25) is 4.79 Å². The Morgan fingerprint density at radius 3 is 2.61 bits per heavy atom. The van der Waals surface area contributed by atoms with Gasteiger partial charge in [0, 0.05) is 11.3 Å². The average Bonchev–Trinajstić information content (AvgIpc) is 3.01. The van der Waals surface area contributed by atoms with Gasteiger partial charge in [-0.05, 0) is 43.4 Å². The molecule has 0 N–H and O–H groups in total. The molecule has 112 valence electrons. The molecule has 1 aliphatic carbocycles. The summed E-state index contributed by atoms with van der Waals surface area (Å²) < 4.78 is 2.02.